The lowest BCUT2D eigenvalue weighted by Crippen LogP contribution is -2.32. The molecule has 1 aliphatic rings. The molecule has 0 bridgehead atoms. The van der Waals surface area contributed by atoms with Crippen LogP contribution in [0.5, 0.6) is 0 Å². The Morgan fingerprint density at radius 3 is 1.75 bits per heavy atom. The first-order valence-electron chi connectivity index (χ1n) is 10.8. The summed E-state index contributed by atoms with van der Waals surface area (Å²) in [5.41, 5.74) is 6.12. The van der Waals surface area contributed by atoms with E-state index in [1.54, 1.807) is 12.1 Å². The number of hydrogen-bond acceptors (Lipinski definition) is 3. The first-order chi connectivity index (χ1) is 15.1. The Balaban J connectivity index is 1.77. The molecule has 0 fully saturated rings. The van der Waals surface area contributed by atoms with Crippen LogP contribution in [0.4, 0.5) is 11.4 Å². The SMILES string of the molecule is Cc1ccc(C2=C(Nc3ccc(C(C)(C)C)cc3)C(=O)N(c3ccc(C)cc3)C2=O)cc1. The number of nitrogens with zero attached hydrogens (tertiary/aromatic N) is 1. The van der Waals surface area contributed by atoms with Gasteiger partial charge in [0, 0.05) is 5.69 Å². The standard InChI is InChI=1S/C28H28N2O2/c1-18-6-10-20(11-7-18)24-25(29-22-14-12-21(13-15-22)28(3,4)5)27(32)30(26(24)31)23-16-8-19(2)9-17-23/h6-17,29H,1-5H3. The van der Waals surface area contributed by atoms with E-state index in [0.29, 0.717) is 17.0 Å². The van der Waals surface area contributed by atoms with Gasteiger partial charge >= 0.3 is 0 Å². The Bertz CT molecular complexity index is 1200. The Labute approximate surface area is 189 Å². The fraction of sp³-hybridized carbons (Fsp3) is 0.214. The van der Waals surface area contributed by atoms with Crippen LogP contribution in [0, 0.1) is 13.8 Å². The van der Waals surface area contributed by atoms with Crippen LogP contribution in [0.25, 0.3) is 5.57 Å². The maximum Gasteiger partial charge on any atom is 0.282 e. The highest BCUT2D eigenvalue weighted by Crippen LogP contribution is 2.34. The fourth-order valence-corrected chi connectivity index (χ4v) is 3.76. The number of anilines is 2. The van der Waals surface area contributed by atoms with E-state index in [-0.39, 0.29) is 17.2 Å². The third-order valence-corrected chi connectivity index (χ3v) is 5.74. The lowest BCUT2D eigenvalue weighted by Gasteiger charge is -2.19. The van der Waals surface area contributed by atoms with E-state index in [9.17, 15) is 9.59 Å². The first-order valence-corrected chi connectivity index (χ1v) is 10.8. The molecule has 3 aromatic rings. The van der Waals surface area contributed by atoms with Crippen LogP contribution in [0.3, 0.4) is 0 Å². The predicted molar refractivity (Wildman–Crippen MR) is 131 cm³/mol. The second-order valence-electron chi connectivity index (χ2n) is 9.35. The summed E-state index contributed by atoms with van der Waals surface area (Å²) in [5, 5.41) is 3.24. The van der Waals surface area contributed by atoms with Crippen molar-refractivity contribution in [2.24, 2.45) is 0 Å². The molecule has 0 radical (unpaired) electrons. The van der Waals surface area contributed by atoms with Gasteiger partial charge in [0.15, 0.2) is 0 Å². The smallest absolute Gasteiger partial charge is 0.282 e. The Kier molecular flexibility index (Phi) is 5.47. The molecule has 162 valence electrons. The van der Waals surface area contributed by atoms with Crippen molar-refractivity contribution in [3.8, 4) is 0 Å². The third-order valence-electron chi connectivity index (χ3n) is 5.74. The number of hydrogen-bond donors (Lipinski definition) is 1. The average molecular weight is 425 g/mol. The molecule has 3 aromatic carbocycles. The number of carbonyl (C=O) groups is 2. The van der Waals surface area contributed by atoms with Gasteiger partial charge in [-0.05, 0) is 54.7 Å². The van der Waals surface area contributed by atoms with Crippen molar-refractivity contribution in [2.45, 2.75) is 40.0 Å². The third kappa shape index (κ3) is 4.09. The lowest BCUT2D eigenvalue weighted by molar-refractivity contribution is -0.120. The summed E-state index contributed by atoms with van der Waals surface area (Å²) in [4.78, 5) is 28.2. The fourth-order valence-electron chi connectivity index (χ4n) is 3.76. The zero-order chi connectivity index (χ0) is 23.0. The van der Waals surface area contributed by atoms with Gasteiger partial charge in [-0.25, -0.2) is 4.90 Å². The lowest BCUT2D eigenvalue weighted by atomic mass is 9.87. The molecule has 0 aliphatic carbocycles. The van der Waals surface area contributed by atoms with Crippen molar-refractivity contribution in [1.82, 2.24) is 0 Å². The predicted octanol–water partition coefficient (Wildman–Crippen LogP) is 6.00. The van der Waals surface area contributed by atoms with Crippen LogP contribution < -0.4 is 10.2 Å². The van der Waals surface area contributed by atoms with Gasteiger partial charge in [-0.3, -0.25) is 9.59 Å². The highest BCUT2D eigenvalue weighted by Gasteiger charge is 2.40. The molecule has 0 aromatic heterocycles. The van der Waals surface area contributed by atoms with Gasteiger partial charge in [0.05, 0.1) is 11.3 Å². The van der Waals surface area contributed by atoms with Crippen LogP contribution in [-0.2, 0) is 15.0 Å². The van der Waals surface area contributed by atoms with Crippen molar-refractivity contribution in [2.75, 3.05) is 10.2 Å². The Morgan fingerprint density at radius 1 is 0.688 bits per heavy atom. The molecule has 2 amide bonds. The van der Waals surface area contributed by atoms with Gasteiger partial charge in [0.1, 0.15) is 5.70 Å². The highest BCUT2D eigenvalue weighted by molar-refractivity contribution is 6.46. The van der Waals surface area contributed by atoms with Gasteiger partial charge in [-0.2, -0.15) is 0 Å². The van der Waals surface area contributed by atoms with Crippen LogP contribution in [0.1, 0.15) is 43.0 Å². The summed E-state index contributed by atoms with van der Waals surface area (Å²) in [6, 6.07) is 23.1. The number of rotatable bonds is 4. The molecule has 4 rings (SSSR count). The summed E-state index contributed by atoms with van der Waals surface area (Å²) in [7, 11) is 0. The van der Waals surface area contributed by atoms with Gasteiger partial charge < -0.3 is 5.32 Å². The molecule has 1 heterocycles. The monoisotopic (exact) mass is 424 g/mol. The Hall–Kier alpha value is -3.66. The molecule has 0 saturated carbocycles. The summed E-state index contributed by atoms with van der Waals surface area (Å²) >= 11 is 0. The summed E-state index contributed by atoms with van der Waals surface area (Å²) in [6.07, 6.45) is 0. The zero-order valence-electron chi connectivity index (χ0n) is 19.2. The topological polar surface area (TPSA) is 49.4 Å². The minimum Gasteiger partial charge on any atom is -0.350 e. The quantitative estimate of drug-likeness (QED) is 0.523. The van der Waals surface area contributed by atoms with Gasteiger partial charge in [-0.1, -0.05) is 80.4 Å². The molecule has 1 aliphatic heterocycles. The molecular formula is C28H28N2O2. The van der Waals surface area contributed by atoms with Crippen LogP contribution >= 0.6 is 0 Å². The van der Waals surface area contributed by atoms with E-state index in [2.05, 4.69) is 26.1 Å². The van der Waals surface area contributed by atoms with Crippen molar-refractivity contribution >= 4 is 28.8 Å². The Morgan fingerprint density at radius 2 is 1.22 bits per heavy atom. The van der Waals surface area contributed by atoms with E-state index in [1.165, 1.54) is 10.5 Å². The molecule has 1 N–H and O–H groups in total. The van der Waals surface area contributed by atoms with E-state index < -0.39 is 0 Å². The van der Waals surface area contributed by atoms with Crippen LogP contribution in [0.15, 0.2) is 78.5 Å². The van der Waals surface area contributed by atoms with E-state index in [1.807, 2.05) is 74.5 Å². The normalized spacial score (nSPS) is 14.3. The molecule has 0 saturated heterocycles. The minimum atomic E-state index is -0.352. The number of imide groups is 1. The first kappa shape index (κ1) is 21.6. The number of benzene rings is 3. The highest BCUT2D eigenvalue weighted by atomic mass is 16.2. The second kappa shape index (κ2) is 8.12. The maximum absolute atomic E-state index is 13.5. The molecule has 32 heavy (non-hydrogen) atoms. The van der Waals surface area contributed by atoms with Crippen molar-refractivity contribution in [1.29, 1.82) is 0 Å². The number of amides is 2. The number of aryl methyl sites for hydroxylation is 2. The summed E-state index contributed by atoms with van der Waals surface area (Å²) in [5.74, 6) is -0.675. The van der Waals surface area contributed by atoms with Gasteiger partial charge in [0.2, 0.25) is 0 Å². The molecule has 4 nitrogen and oxygen atoms in total. The molecule has 0 atom stereocenters. The molecule has 0 spiro atoms. The molecular weight excluding hydrogens is 396 g/mol. The van der Waals surface area contributed by atoms with Crippen LogP contribution in [-0.4, -0.2) is 11.8 Å². The van der Waals surface area contributed by atoms with Crippen LogP contribution in [0.2, 0.25) is 0 Å². The van der Waals surface area contributed by atoms with Crippen molar-refractivity contribution in [3.63, 3.8) is 0 Å². The zero-order valence-corrected chi connectivity index (χ0v) is 19.2. The van der Waals surface area contributed by atoms with Gasteiger partial charge in [-0.15, -0.1) is 0 Å². The van der Waals surface area contributed by atoms with Crippen molar-refractivity contribution in [3.05, 3.63) is 101 Å². The molecule has 4 heteroatoms. The van der Waals surface area contributed by atoms with Gasteiger partial charge in [0.25, 0.3) is 11.8 Å². The minimum absolute atomic E-state index is 0.0340. The maximum atomic E-state index is 13.5. The summed E-state index contributed by atoms with van der Waals surface area (Å²) in [6.45, 7) is 10.4. The van der Waals surface area contributed by atoms with Crippen molar-refractivity contribution < 1.29 is 9.59 Å². The second-order valence-corrected chi connectivity index (χ2v) is 9.35. The largest absolute Gasteiger partial charge is 0.350 e. The van der Waals surface area contributed by atoms with E-state index in [0.717, 1.165) is 22.4 Å². The molecule has 0 unspecified atom stereocenters. The van der Waals surface area contributed by atoms with E-state index >= 15 is 0 Å². The number of nitrogens with one attached hydrogen (secondary N) is 1. The summed E-state index contributed by atoms with van der Waals surface area (Å²) < 4.78 is 0. The number of carbonyl (C=O) groups excluding carboxylic acids is 2. The van der Waals surface area contributed by atoms with E-state index in [4.69, 9.17) is 0 Å². The average Bonchev–Trinajstić information content (AvgIpc) is 2.99.